The van der Waals surface area contributed by atoms with E-state index in [4.69, 9.17) is 9.63 Å². The van der Waals surface area contributed by atoms with Crippen molar-refractivity contribution in [1.82, 2.24) is 15.3 Å². The van der Waals surface area contributed by atoms with Gasteiger partial charge in [0.1, 0.15) is 0 Å². The molecule has 2 aromatic heterocycles. The van der Waals surface area contributed by atoms with Gasteiger partial charge in [-0.15, -0.1) is 0 Å². The summed E-state index contributed by atoms with van der Waals surface area (Å²) in [4.78, 5) is 14.0. The molecule has 0 saturated heterocycles. The number of rotatable bonds is 2. The third-order valence-corrected chi connectivity index (χ3v) is 1.46. The van der Waals surface area contributed by atoms with Crippen LogP contribution < -0.4 is 0 Å². The van der Waals surface area contributed by atoms with Crippen molar-refractivity contribution in [3.8, 4) is 11.7 Å². The standard InChI is InChI=1S/C7H5N3O4/c1-3-2-4(13-9-3)6-8-5(7(11)12)10-14-6/h2H,1H3,(H,11,12). The van der Waals surface area contributed by atoms with Gasteiger partial charge in [-0.25, -0.2) is 4.79 Å². The maximum atomic E-state index is 10.4. The molecule has 0 aliphatic heterocycles. The molecule has 0 spiro atoms. The van der Waals surface area contributed by atoms with E-state index in [2.05, 4.69) is 19.8 Å². The molecule has 0 saturated carbocycles. The first-order valence-corrected chi connectivity index (χ1v) is 3.67. The third-order valence-electron chi connectivity index (χ3n) is 1.46. The maximum Gasteiger partial charge on any atom is 0.377 e. The van der Waals surface area contributed by atoms with Crippen LogP contribution in [-0.2, 0) is 0 Å². The Bertz CT molecular complexity index is 473. The summed E-state index contributed by atoms with van der Waals surface area (Å²) in [5.41, 5.74) is 0.648. The molecule has 72 valence electrons. The summed E-state index contributed by atoms with van der Waals surface area (Å²) in [5.74, 6) is -1.41. The van der Waals surface area contributed by atoms with Crippen molar-refractivity contribution in [2.24, 2.45) is 0 Å². The van der Waals surface area contributed by atoms with Crippen LogP contribution in [0.3, 0.4) is 0 Å². The molecule has 0 aliphatic rings. The van der Waals surface area contributed by atoms with E-state index in [-0.39, 0.29) is 11.7 Å². The Morgan fingerprint density at radius 2 is 2.21 bits per heavy atom. The lowest BCUT2D eigenvalue weighted by molar-refractivity contribution is 0.0680. The highest BCUT2D eigenvalue weighted by Gasteiger charge is 2.16. The summed E-state index contributed by atoms with van der Waals surface area (Å²) in [7, 11) is 0. The van der Waals surface area contributed by atoms with E-state index in [9.17, 15) is 4.79 Å². The molecule has 2 heterocycles. The van der Waals surface area contributed by atoms with Crippen LogP contribution in [0.15, 0.2) is 15.1 Å². The monoisotopic (exact) mass is 195 g/mol. The highest BCUT2D eigenvalue weighted by Crippen LogP contribution is 2.17. The second-order valence-corrected chi connectivity index (χ2v) is 2.56. The number of carboxylic acids is 1. The van der Waals surface area contributed by atoms with Crippen molar-refractivity contribution in [3.05, 3.63) is 17.6 Å². The van der Waals surface area contributed by atoms with Crippen molar-refractivity contribution < 1.29 is 18.9 Å². The lowest BCUT2D eigenvalue weighted by Crippen LogP contribution is -1.98. The van der Waals surface area contributed by atoms with Gasteiger partial charge in [0.25, 0.3) is 11.7 Å². The molecule has 0 atom stereocenters. The molecule has 0 aliphatic carbocycles. The predicted molar refractivity (Wildman–Crippen MR) is 41.5 cm³/mol. The lowest BCUT2D eigenvalue weighted by Gasteiger charge is -1.79. The van der Waals surface area contributed by atoms with Crippen molar-refractivity contribution >= 4 is 5.97 Å². The number of hydrogen-bond donors (Lipinski definition) is 1. The van der Waals surface area contributed by atoms with Crippen LogP contribution in [0.2, 0.25) is 0 Å². The summed E-state index contributed by atoms with van der Waals surface area (Å²) in [6.45, 7) is 1.72. The van der Waals surface area contributed by atoms with Crippen LogP contribution in [0.4, 0.5) is 0 Å². The molecule has 0 radical (unpaired) electrons. The van der Waals surface area contributed by atoms with E-state index in [1.54, 1.807) is 13.0 Å². The fourth-order valence-electron chi connectivity index (χ4n) is 0.875. The molecule has 0 amide bonds. The van der Waals surface area contributed by atoms with Crippen LogP contribution >= 0.6 is 0 Å². The molecule has 14 heavy (non-hydrogen) atoms. The Labute approximate surface area is 77.3 Å². The Hall–Kier alpha value is -2.18. The van der Waals surface area contributed by atoms with E-state index >= 15 is 0 Å². The normalized spacial score (nSPS) is 10.4. The van der Waals surface area contributed by atoms with Crippen molar-refractivity contribution in [2.45, 2.75) is 6.92 Å². The van der Waals surface area contributed by atoms with Crippen molar-refractivity contribution in [2.75, 3.05) is 0 Å². The van der Waals surface area contributed by atoms with Crippen LogP contribution in [0.25, 0.3) is 11.7 Å². The molecule has 7 heteroatoms. The van der Waals surface area contributed by atoms with Gasteiger partial charge in [0.15, 0.2) is 0 Å². The zero-order valence-corrected chi connectivity index (χ0v) is 7.09. The lowest BCUT2D eigenvalue weighted by atomic mass is 10.4. The third kappa shape index (κ3) is 1.35. The Morgan fingerprint density at radius 1 is 1.43 bits per heavy atom. The zero-order chi connectivity index (χ0) is 10.1. The van der Waals surface area contributed by atoms with Crippen LogP contribution in [0, 0.1) is 6.92 Å². The van der Waals surface area contributed by atoms with Gasteiger partial charge in [-0.3, -0.25) is 0 Å². The summed E-state index contributed by atoms with van der Waals surface area (Å²) in [6, 6.07) is 1.57. The van der Waals surface area contributed by atoms with Gasteiger partial charge in [0, 0.05) is 6.07 Å². The number of carboxylic acid groups (broad SMARTS) is 1. The quantitative estimate of drug-likeness (QED) is 0.753. The Kier molecular flexibility index (Phi) is 1.77. The predicted octanol–water partition coefficient (Wildman–Crippen LogP) is 0.731. The SMILES string of the molecule is Cc1cc(-c2nc(C(=O)O)no2)on1. The van der Waals surface area contributed by atoms with Crippen LogP contribution in [0.5, 0.6) is 0 Å². The largest absolute Gasteiger partial charge is 0.475 e. The summed E-state index contributed by atoms with van der Waals surface area (Å²) in [5, 5.41) is 15.3. The van der Waals surface area contributed by atoms with E-state index in [0.717, 1.165) is 0 Å². The topological polar surface area (TPSA) is 102 Å². The molecule has 0 fully saturated rings. The van der Waals surface area contributed by atoms with Gasteiger partial charge in [-0.2, -0.15) is 4.98 Å². The van der Waals surface area contributed by atoms with Gasteiger partial charge >= 0.3 is 5.97 Å². The second-order valence-electron chi connectivity index (χ2n) is 2.56. The first kappa shape index (κ1) is 8.42. The van der Waals surface area contributed by atoms with Crippen molar-refractivity contribution in [1.29, 1.82) is 0 Å². The van der Waals surface area contributed by atoms with Gasteiger partial charge in [-0.05, 0) is 12.1 Å². The molecule has 0 bridgehead atoms. The smallest absolute Gasteiger partial charge is 0.377 e. The number of aromatic nitrogens is 3. The summed E-state index contributed by atoms with van der Waals surface area (Å²) >= 11 is 0. The highest BCUT2D eigenvalue weighted by atomic mass is 16.5. The number of nitrogens with zero attached hydrogens (tertiary/aromatic N) is 3. The Morgan fingerprint density at radius 3 is 2.71 bits per heavy atom. The summed E-state index contributed by atoms with van der Waals surface area (Å²) < 4.78 is 9.45. The fourth-order valence-corrected chi connectivity index (χ4v) is 0.875. The zero-order valence-electron chi connectivity index (χ0n) is 7.09. The number of aryl methyl sites for hydroxylation is 1. The van der Waals surface area contributed by atoms with E-state index in [0.29, 0.717) is 5.69 Å². The van der Waals surface area contributed by atoms with Gasteiger partial charge in [-0.1, -0.05) is 5.16 Å². The minimum absolute atomic E-state index is 0.00278. The van der Waals surface area contributed by atoms with Gasteiger partial charge in [0.2, 0.25) is 5.76 Å². The minimum atomic E-state index is -1.25. The van der Waals surface area contributed by atoms with Crippen molar-refractivity contribution in [3.63, 3.8) is 0 Å². The Balaban J connectivity index is 2.38. The average molecular weight is 195 g/mol. The first-order valence-electron chi connectivity index (χ1n) is 3.67. The fraction of sp³-hybridized carbons (Fsp3) is 0.143. The molecule has 2 aromatic rings. The number of carbonyl (C=O) groups is 1. The van der Waals surface area contributed by atoms with E-state index < -0.39 is 11.8 Å². The molecule has 2 rings (SSSR count). The second kappa shape index (κ2) is 2.95. The average Bonchev–Trinajstić information content (AvgIpc) is 2.70. The van der Waals surface area contributed by atoms with Crippen LogP contribution in [-0.4, -0.2) is 26.4 Å². The number of aromatic carboxylic acids is 1. The molecule has 0 unspecified atom stereocenters. The molecule has 0 aromatic carbocycles. The molecular formula is C7H5N3O4. The van der Waals surface area contributed by atoms with Gasteiger partial charge in [0.05, 0.1) is 5.69 Å². The van der Waals surface area contributed by atoms with E-state index in [1.807, 2.05) is 0 Å². The maximum absolute atomic E-state index is 10.4. The minimum Gasteiger partial charge on any atom is -0.475 e. The first-order chi connectivity index (χ1) is 6.66. The van der Waals surface area contributed by atoms with Crippen LogP contribution in [0.1, 0.15) is 16.3 Å². The molecular weight excluding hydrogens is 190 g/mol. The molecule has 1 N–H and O–H groups in total. The number of hydrogen-bond acceptors (Lipinski definition) is 6. The summed E-state index contributed by atoms with van der Waals surface area (Å²) in [6.07, 6.45) is 0. The van der Waals surface area contributed by atoms with E-state index in [1.165, 1.54) is 0 Å². The molecule has 7 nitrogen and oxygen atoms in total. The van der Waals surface area contributed by atoms with Gasteiger partial charge < -0.3 is 14.2 Å². The highest BCUT2D eigenvalue weighted by molar-refractivity contribution is 5.83.